The van der Waals surface area contributed by atoms with Crippen LogP contribution >= 0.6 is 0 Å². The van der Waals surface area contributed by atoms with E-state index in [0.717, 1.165) is 28.2 Å². The van der Waals surface area contributed by atoms with Crippen LogP contribution in [0.25, 0.3) is 11.0 Å². The van der Waals surface area contributed by atoms with E-state index >= 15 is 0 Å². The number of carbonyl (C=O) groups excluding carboxylic acids is 2. The van der Waals surface area contributed by atoms with Crippen molar-refractivity contribution in [1.82, 2.24) is 15.3 Å². The summed E-state index contributed by atoms with van der Waals surface area (Å²) >= 11 is 0. The Kier molecular flexibility index (Phi) is 4.55. The zero-order chi connectivity index (χ0) is 19.8. The molecule has 2 heterocycles. The molecule has 0 saturated carbocycles. The molecule has 1 saturated heterocycles. The molecule has 1 aromatic heterocycles. The van der Waals surface area contributed by atoms with Crippen molar-refractivity contribution in [2.45, 2.75) is 33.2 Å². The van der Waals surface area contributed by atoms with Gasteiger partial charge in [-0.2, -0.15) is 0 Å². The first kappa shape index (κ1) is 18.1. The maximum Gasteiger partial charge on any atom is 0.251 e. The summed E-state index contributed by atoms with van der Waals surface area (Å²) in [5.41, 5.74) is 5.67. The van der Waals surface area contributed by atoms with Gasteiger partial charge in [0.2, 0.25) is 5.91 Å². The molecule has 1 N–H and O–H groups in total. The van der Waals surface area contributed by atoms with E-state index in [1.165, 1.54) is 0 Å². The van der Waals surface area contributed by atoms with Crippen LogP contribution in [0.1, 0.15) is 33.7 Å². The second-order valence-corrected chi connectivity index (χ2v) is 7.32. The summed E-state index contributed by atoms with van der Waals surface area (Å²) in [5, 5.41) is 2.98. The van der Waals surface area contributed by atoms with Gasteiger partial charge >= 0.3 is 0 Å². The van der Waals surface area contributed by atoms with Crippen molar-refractivity contribution >= 4 is 28.5 Å². The Bertz CT molecular complexity index is 1090. The van der Waals surface area contributed by atoms with Crippen LogP contribution in [0.4, 0.5) is 5.69 Å². The summed E-state index contributed by atoms with van der Waals surface area (Å²) in [6.07, 6.45) is 0.297. The van der Waals surface area contributed by atoms with Crippen LogP contribution in [0.3, 0.4) is 0 Å². The molecule has 1 aliphatic rings. The van der Waals surface area contributed by atoms with Gasteiger partial charge in [0, 0.05) is 24.2 Å². The standard InChI is InChI=1S/C22H22N4O2/c1-13-5-4-6-18(9-13)26-12-17(11-21(26)27)25-22(28)16-7-8-19-20(10-16)24-15(3)14(2)23-19/h4-10,17H,11-12H2,1-3H3,(H,25,28)/t17-/m1/s1. The van der Waals surface area contributed by atoms with Crippen molar-refractivity contribution < 1.29 is 9.59 Å². The van der Waals surface area contributed by atoms with E-state index in [-0.39, 0.29) is 17.9 Å². The monoisotopic (exact) mass is 374 g/mol. The average molecular weight is 374 g/mol. The third-order valence-corrected chi connectivity index (χ3v) is 5.11. The van der Waals surface area contributed by atoms with Gasteiger partial charge in [-0.1, -0.05) is 12.1 Å². The highest BCUT2D eigenvalue weighted by molar-refractivity contribution is 6.00. The van der Waals surface area contributed by atoms with Crippen LogP contribution in [0.2, 0.25) is 0 Å². The molecule has 2 amide bonds. The molecule has 4 rings (SSSR count). The molecule has 0 spiro atoms. The van der Waals surface area contributed by atoms with Crippen molar-refractivity contribution in [2.75, 3.05) is 11.4 Å². The fourth-order valence-electron chi connectivity index (χ4n) is 3.49. The number of amides is 2. The van der Waals surface area contributed by atoms with Gasteiger partial charge in [-0.3, -0.25) is 9.59 Å². The summed E-state index contributed by atoms with van der Waals surface area (Å²) in [4.78, 5) is 35.9. The number of nitrogens with zero attached hydrogens (tertiary/aromatic N) is 3. The largest absolute Gasteiger partial charge is 0.347 e. The number of rotatable bonds is 3. The van der Waals surface area contributed by atoms with Crippen LogP contribution in [0, 0.1) is 20.8 Å². The van der Waals surface area contributed by atoms with Gasteiger partial charge in [-0.15, -0.1) is 0 Å². The van der Waals surface area contributed by atoms with E-state index in [4.69, 9.17) is 0 Å². The van der Waals surface area contributed by atoms with Crippen LogP contribution in [-0.2, 0) is 4.79 Å². The van der Waals surface area contributed by atoms with E-state index in [0.29, 0.717) is 24.0 Å². The van der Waals surface area contributed by atoms with Gasteiger partial charge in [0.1, 0.15) is 0 Å². The normalized spacial score (nSPS) is 16.6. The van der Waals surface area contributed by atoms with Crippen LogP contribution in [-0.4, -0.2) is 34.4 Å². The van der Waals surface area contributed by atoms with Crippen molar-refractivity contribution in [3.8, 4) is 0 Å². The lowest BCUT2D eigenvalue weighted by Crippen LogP contribution is -2.37. The highest BCUT2D eigenvalue weighted by Gasteiger charge is 2.31. The lowest BCUT2D eigenvalue weighted by molar-refractivity contribution is -0.117. The molecule has 3 aromatic rings. The van der Waals surface area contributed by atoms with Crippen LogP contribution in [0.5, 0.6) is 0 Å². The molecule has 0 aliphatic carbocycles. The zero-order valence-corrected chi connectivity index (χ0v) is 16.2. The molecule has 2 aromatic carbocycles. The van der Waals surface area contributed by atoms with Gasteiger partial charge in [-0.05, 0) is 56.7 Å². The molecule has 0 bridgehead atoms. The van der Waals surface area contributed by atoms with Gasteiger partial charge in [0.15, 0.2) is 0 Å². The SMILES string of the molecule is Cc1cccc(N2C[C@H](NC(=O)c3ccc4nc(C)c(C)nc4c3)CC2=O)c1. The number of benzene rings is 2. The van der Waals surface area contributed by atoms with Crippen LogP contribution < -0.4 is 10.2 Å². The summed E-state index contributed by atoms with van der Waals surface area (Å²) in [5.74, 6) is -0.183. The number of carbonyl (C=O) groups is 2. The fraction of sp³-hybridized carbons (Fsp3) is 0.273. The molecule has 1 aliphatic heterocycles. The highest BCUT2D eigenvalue weighted by atomic mass is 16.2. The first-order chi connectivity index (χ1) is 13.4. The topological polar surface area (TPSA) is 75.2 Å². The van der Waals surface area contributed by atoms with Crippen LogP contribution in [0.15, 0.2) is 42.5 Å². The Morgan fingerprint density at radius 1 is 1.04 bits per heavy atom. The Morgan fingerprint density at radius 3 is 2.54 bits per heavy atom. The molecule has 28 heavy (non-hydrogen) atoms. The van der Waals surface area contributed by atoms with E-state index in [9.17, 15) is 9.59 Å². The molecular formula is C22H22N4O2. The highest BCUT2D eigenvalue weighted by Crippen LogP contribution is 2.23. The maximum absolute atomic E-state index is 12.7. The first-order valence-corrected chi connectivity index (χ1v) is 9.33. The molecule has 1 atom stereocenters. The predicted octanol–water partition coefficient (Wildman–Crippen LogP) is 3.09. The molecule has 6 nitrogen and oxygen atoms in total. The molecule has 0 unspecified atom stereocenters. The summed E-state index contributed by atoms with van der Waals surface area (Å²) in [6, 6.07) is 12.9. The van der Waals surface area contributed by atoms with Gasteiger partial charge < -0.3 is 10.2 Å². The lowest BCUT2D eigenvalue weighted by Gasteiger charge is -2.18. The Morgan fingerprint density at radius 2 is 1.79 bits per heavy atom. The lowest BCUT2D eigenvalue weighted by atomic mass is 10.1. The minimum Gasteiger partial charge on any atom is -0.347 e. The Labute approximate surface area is 163 Å². The third kappa shape index (κ3) is 3.45. The fourth-order valence-corrected chi connectivity index (χ4v) is 3.49. The van der Waals surface area contributed by atoms with E-state index in [2.05, 4.69) is 15.3 Å². The zero-order valence-electron chi connectivity index (χ0n) is 16.2. The van der Waals surface area contributed by atoms with Gasteiger partial charge in [0.25, 0.3) is 5.91 Å². The van der Waals surface area contributed by atoms with Crippen molar-refractivity contribution in [2.24, 2.45) is 0 Å². The molecule has 1 fully saturated rings. The molecule has 0 radical (unpaired) electrons. The predicted molar refractivity (Wildman–Crippen MR) is 108 cm³/mol. The summed E-state index contributed by atoms with van der Waals surface area (Å²) in [6.45, 7) is 6.28. The second-order valence-electron chi connectivity index (χ2n) is 7.32. The first-order valence-electron chi connectivity index (χ1n) is 9.33. The summed E-state index contributed by atoms with van der Waals surface area (Å²) < 4.78 is 0. The minimum absolute atomic E-state index is 0.0198. The molecular weight excluding hydrogens is 352 g/mol. The number of hydrogen-bond donors (Lipinski definition) is 1. The quantitative estimate of drug-likeness (QED) is 0.764. The molecule has 142 valence electrons. The second kappa shape index (κ2) is 7.03. The van der Waals surface area contributed by atoms with E-state index < -0.39 is 0 Å². The number of aromatic nitrogens is 2. The smallest absolute Gasteiger partial charge is 0.251 e. The third-order valence-electron chi connectivity index (χ3n) is 5.11. The minimum atomic E-state index is -0.220. The van der Waals surface area contributed by atoms with Gasteiger partial charge in [-0.25, -0.2) is 9.97 Å². The number of nitrogens with one attached hydrogen (secondary N) is 1. The number of anilines is 1. The van der Waals surface area contributed by atoms with E-state index in [1.54, 1.807) is 17.0 Å². The Balaban J connectivity index is 1.50. The molecule has 6 heteroatoms. The number of hydrogen-bond acceptors (Lipinski definition) is 4. The summed E-state index contributed by atoms with van der Waals surface area (Å²) in [7, 11) is 0. The van der Waals surface area contributed by atoms with Crippen molar-refractivity contribution in [1.29, 1.82) is 0 Å². The van der Waals surface area contributed by atoms with Crippen molar-refractivity contribution in [3.63, 3.8) is 0 Å². The number of aryl methyl sites for hydroxylation is 3. The Hall–Kier alpha value is -3.28. The number of fused-ring (bicyclic) bond motifs is 1. The average Bonchev–Trinajstić information content (AvgIpc) is 3.02. The van der Waals surface area contributed by atoms with Gasteiger partial charge in [0.05, 0.1) is 28.5 Å². The van der Waals surface area contributed by atoms with Crippen molar-refractivity contribution in [3.05, 3.63) is 65.0 Å². The van der Waals surface area contributed by atoms with E-state index in [1.807, 2.05) is 51.1 Å². The maximum atomic E-state index is 12.7.